The van der Waals surface area contributed by atoms with Gasteiger partial charge in [0.15, 0.2) is 11.5 Å². The molecule has 8 heteroatoms. The lowest BCUT2D eigenvalue weighted by molar-refractivity contribution is 0.0771. The molecule has 1 N–H and O–H groups in total. The fourth-order valence-corrected chi connectivity index (χ4v) is 2.38. The van der Waals surface area contributed by atoms with Crippen molar-refractivity contribution in [2.75, 3.05) is 7.05 Å². The quantitative estimate of drug-likeness (QED) is 0.791. The maximum absolute atomic E-state index is 12.2. The Labute approximate surface area is 118 Å². The fourth-order valence-electron chi connectivity index (χ4n) is 1.71. The van der Waals surface area contributed by atoms with E-state index >= 15 is 0 Å². The van der Waals surface area contributed by atoms with Gasteiger partial charge in [-0.05, 0) is 11.4 Å². The molecule has 3 heterocycles. The van der Waals surface area contributed by atoms with Gasteiger partial charge in [-0.25, -0.2) is 4.98 Å². The summed E-state index contributed by atoms with van der Waals surface area (Å²) in [6.45, 7) is 0.333. The van der Waals surface area contributed by atoms with Crippen LogP contribution in [-0.2, 0) is 6.54 Å². The number of carbonyl (C=O) groups is 1. The van der Waals surface area contributed by atoms with Crippen molar-refractivity contribution < 1.29 is 9.32 Å². The smallest absolute Gasteiger partial charge is 0.276 e. The highest BCUT2D eigenvalue weighted by Gasteiger charge is 2.18. The van der Waals surface area contributed by atoms with E-state index in [2.05, 4.69) is 20.3 Å². The molecule has 0 bridgehead atoms. The van der Waals surface area contributed by atoms with Gasteiger partial charge in [-0.15, -0.1) is 11.3 Å². The van der Waals surface area contributed by atoms with E-state index < -0.39 is 0 Å². The van der Waals surface area contributed by atoms with E-state index in [4.69, 9.17) is 4.52 Å². The first-order chi connectivity index (χ1) is 9.74. The minimum Gasteiger partial charge on any atom is -0.355 e. The normalized spacial score (nSPS) is 10.7. The molecule has 0 saturated heterocycles. The lowest BCUT2D eigenvalue weighted by atomic mass is 10.3. The van der Waals surface area contributed by atoms with Crippen LogP contribution in [0.1, 0.15) is 16.3 Å². The van der Waals surface area contributed by atoms with Crippen molar-refractivity contribution in [3.63, 3.8) is 0 Å². The van der Waals surface area contributed by atoms with Gasteiger partial charge in [-0.1, -0.05) is 11.2 Å². The van der Waals surface area contributed by atoms with E-state index in [0.717, 1.165) is 4.88 Å². The molecule has 0 aromatic carbocycles. The topological polar surface area (TPSA) is 87.9 Å². The van der Waals surface area contributed by atoms with Crippen molar-refractivity contribution in [1.29, 1.82) is 0 Å². The maximum atomic E-state index is 12.2. The SMILES string of the molecule is CN(Cc1ncn[nH]1)C(=O)c1cc(-c2cccs2)on1. The third kappa shape index (κ3) is 2.45. The molecule has 3 aromatic rings. The summed E-state index contributed by atoms with van der Waals surface area (Å²) in [6.07, 6.45) is 1.40. The average Bonchev–Trinajstić information content (AvgIpc) is 3.18. The van der Waals surface area contributed by atoms with Crippen molar-refractivity contribution in [3.8, 4) is 10.6 Å². The molecule has 102 valence electrons. The first-order valence-corrected chi connectivity index (χ1v) is 6.72. The summed E-state index contributed by atoms with van der Waals surface area (Å²) in [7, 11) is 1.67. The molecule has 0 aliphatic carbocycles. The van der Waals surface area contributed by atoms with E-state index in [1.807, 2.05) is 17.5 Å². The fraction of sp³-hybridized carbons (Fsp3) is 0.167. The van der Waals surface area contributed by atoms with Crippen molar-refractivity contribution in [2.45, 2.75) is 6.54 Å². The predicted octanol–water partition coefficient (Wildman–Crippen LogP) is 1.79. The number of nitrogens with zero attached hydrogens (tertiary/aromatic N) is 4. The van der Waals surface area contributed by atoms with Crippen LogP contribution in [0.2, 0.25) is 0 Å². The van der Waals surface area contributed by atoms with Crippen molar-refractivity contribution in [3.05, 3.63) is 41.4 Å². The van der Waals surface area contributed by atoms with Gasteiger partial charge in [0, 0.05) is 13.1 Å². The molecular weight excluding hydrogens is 278 g/mol. The van der Waals surface area contributed by atoms with Crippen LogP contribution in [0.4, 0.5) is 0 Å². The number of thiophene rings is 1. The highest BCUT2D eigenvalue weighted by atomic mass is 32.1. The number of aromatic amines is 1. The van der Waals surface area contributed by atoms with Crippen molar-refractivity contribution in [2.24, 2.45) is 0 Å². The van der Waals surface area contributed by atoms with E-state index in [1.54, 1.807) is 13.1 Å². The number of aromatic nitrogens is 4. The number of amides is 1. The maximum Gasteiger partial charge on any atom is 0.276 e. The van der Waals surface area contributed by atoms with Gasteiger partial charge in [0.25, 0.3) is 5.91 Å². The lowest BCUT2D eigenvalue weighted by Gasteiger charge is -2.12. The molecule has 0 unspecified atom stereocenters. The Morgan fingerprint density at radius 2 is 2.45 bits per heavy atom. The first kappa shape index (κ1) is 12.5. The van der Waals surface area contributed by atoms with Gasteiger partial charge in [0.1, 0.15) is 12.2 Å². The van der Waals surface area contributed by atoms with Crippen molar-refractivity contribution in [1.82, 2.24) is 25.2 Å². The van der Waals surface area contributed by atoms with E-state index in [1.165, 1.54) is 22.6 Å². The zero-order valence-corrected chi connectivity index (χ0v) is 11.4. The molecular formula is C12H11N5O2S. The van der Waals surface area contributed by atoms with Crippen molar-refractivity contribution >= 4 is 17.2 Å². The van der Waals surface area contributed by atoms with Crippen LogP contribution in [0, 0.1) is 0 Å². The number of hydrogen-bond acceptors (Lipinski definition) is 6. The minimum atomic E-state index is -0.229. The standard InChI is InChI=1S/C12H11N5O2S/c1-17(6-11-13-7-14-15-11)12(18)8-5-9(19-16-8)10-3-2-4-20-10/h2-5,7H,6H2,1H3,(H,13,14,15). The summed E-state index contributed by atoms with van der Waals surface area (Å²) in [5.74, 6) is 0.979. The zero-order chi connectivity index (χ0) is 13.9. The summed E-state index contributed by atoms with van der Waals surface area (Å²) in [5, 5.41) is 12.2. The highest BCUT2D eigenvalue weighted by molar-refractivity contribution is 7.13. The number of H-pyrrole nitrogens is 1. The molecule has 1 amide bonds. The molecule has 0 saturated carbocycles. The molecule has 20 heavy (non-hydrogen) atoms. The van der Waals surface area contributed by atoms with Gasteiger partial charge in [0.05, 0.1) is 11.4 Å². The monoisotopic (exact) mass is 289 g/mol. The highest BCUT2D eigenvalue weighted by Crippen LogP contribution is 2.25. The Kier molecular flexibility index (Phi) is 3.30. The molecule has 3 rings (SSSR count). The molecule has 7 nitrogen and oxygen atoms in total. The van der Waals surface area contributed by atoms with Gasteiger partial charge in [-0.3, -0.25) is 9.89 Å². The Hall–Kier alpha value is -2.48. The van der Waals surface area contributed by atoms with Gasteiger partial charge < -0.3 is 9.42 Å². The molecule has 0 radical (unpaired) electrons. The first-order valence-electron chi connectivity index (χ1n) is 5.84. The Morgan fingerprint density at radius 3 is 3.15 bits per heavy atom. The molecule has 0 atom stereocenters. The number of rotatable bonds is 4. The summed E-state index contributed by atoms with van der Waals surface area (Å²) in [6, 6.07) is 5.47. The third-order valence-corrected chi connectivity index (χ3v) is 3.58. The second kappa shape index (κ2) is 5.25. The second-order valence-electron chi connectivity index (χ2n) is 4.15. The van der Waals surface area contributed by atoms with E-state index in [0.29, 0.717) is 18.1 Å². The largest absolute Gasteiger partial charge is 0.355 e. The predicted molar refractivity (Wildman–Crippen MR) is 72.0 cm³/mol. The van der Waals surface area contributed by atoms with Gasteiger partial charge >= 0.3 is 0 Å². The number of hydrogen-bond donors (Lipinski definition) is 1. The van der Waals surface area contributed by atoms with Crippen LogP contribution in [0.3, 0.4) is 0 Å². The summed E-state index contributed by atoms with van der Waals surface area (Å²) in [5.41, 5.74) is 0.274. The molecule has 0 aliphatic rings. The minimum absolute atomic E-state index is 0.229. The van der Waals surface area contributed by atoms with E-state index in [9.17, 15) is 4.79 Å². The number of carbonyl (C=O) groups excluding carboxylic acids is 1. The molecule has 0 spiro atoms. The summed E-state index contributed by atoms with van der Waals surface area (Å²) in [4.78, 5) is 18.6. The second-order valence-corrected chi connectivity index (χ2v) is 5.09. The van der Waals surface area contributed by atoms with Crippen LogP contribution in [0.25, 0.3) is 10.6 Å². The van der Waals surface area contributed by atoms with Crippen LogP contribution >= 0.6 is 11.3 Å². The van der Waals surface area contributed by atoms with Crippen LogP contribution in [0.15, 0.2) is 34.4 Å². The van der Waals surface area contributed by atoms with Crippen LogP contribution in [-0.4, -0.2) is 38.2 Å². The lowest BCUT2D eigenvalue weighted by Crippen LogP contribution is -2.26. The Bertz CT molecular complexity index is 689. The Balaban J connectivity index is 1.74. The molecule has 0 aliphatic heterocycles. The Morgan fingerprint density at radius 1 is 1.55 bits per heavy atom. The summed E-state index contributed by atoms with van der Waals surface area (Å²) >= 11 is 1.53. The van der Waals surface area contributed by atoms with E-state index in [-0.39, 0.29) is 11.6 Å². The third-order valence-electron chi connectivity index (χ3n) is 2.69. The zero-order valence-electron chi connectivity index (χ0n) is 10.6. The molecule has 0 fully saturated rings. The average molecular weight is 289 g/mol. The van der Waals surface area contributed by atoms with Gasteiger partial charge in [-0.2, -0.15) is 5.10 Å². The van der Waals surface area contributed by atoms with Crippen LogP contribution < -0.4 is 0 Å². The number of nitrogens with one attached hydrogen (secondary N) is 1. The van der Waals surface area contributed by atoms with Crippen LogP contribution in [0.5, 0.6) is 0 Å². The summed E-state index contributed by atoms with van der Waals surface area (Å²) < 4.78 is 5.19. The van der Waals surface area contributed by atoms with Gasteiger partial charge in [0.2, 0.25) is 0 Å². The molecule has 3 aromatic heterocycles.